The van der Waals surface area contributed by atoms with Crippen molar-refractivity contribution >= 4 is 24.1 Å². The second-order valence-electron chi connectivity index (χ2n) is 5.93. The van der Waals surface area contributed by atoms with Gasteiger partial charge in [0.05, 0.1) is 17.7 Å². The Hall–Kier alpha value is -3.51. The number of halogens is 3. The first-order valence-electron chi connectivity index (χ1n) is 8.84. The standard InChI is InChI=1S/C17H19F3N6O4/c1-2-30-14(27)11-21-23-24-22-16(29)26-9-7-25(8-10-26)15(28)12-5-3-4-6-13(12)17(18,19)20/h3-6,11H,2,7-10H2,1H3,(H,22,23,29). The average Bonchev–Trinajstić information content (AvgIpc) is 2.72. The number of alkyl halides is 3. The van der Waals surface area contributed by atoms with Crippen LogP contribution in [0.5, 0.6) is 0 Å². The highest BCUT2D eigenvalue weighted by atomic mass is 19.4. The Morgan fingerprint density at radius 1 is 1.13 bits per heavy atom. The summed E-state index contributed by atoms with van der Waals surface area (Å²) in [6, 6.07) is 3.93. The molecule has 1 N–H and O–H groups in total. The van der Waals surface area contributed by atoms with Crippen LogP contribution < -0.4 is 5.43 Å². The second kappa shape index (κ2) is 10.3. The van der Waals surface area contributed by atoms with E-state index in [1.165, 1.54) is 21.9 Å². The number of amides is 3. The fourth-order valence-electron chi connectivity index (χ4n) is 2.61. The minimum atomic E-state index is -4.64. The highest BCUT2D eigenvalue weighted by Gasteiger charge is 2.36. The molecule has 1 aliphatic rings. The lowest BCUT2D eigenvalue weighted by Crippen LogP contribution is -2.52. The van der Waals surface area contributed by atoms with Crippen LogP contribution >= 0.6 is 0 Å². The first-order chi connectivity index (χ1) is 14.2. The lowest BCUT2D eigenvalue weighted by Gasteiger charge is -2.34. The normalized spacial score (nSPS) is 14.9. The van der Waals surface area contributed by atoms with Gasteiger partial charge in [0, 0.05) is 26.2 Å². The molecule has 13 heteroatoms. The Morgan fingerprint density at radius 3 is 2.40 bits per heavy atom. The summed E-state index contributed by atoms with van der Waals surface area (Å²) in [4.78, 5) is 38.1. The van der Waals surface area contributed by atoms with Crippen molar-refractivity contribution in [3.8, 4) is 0 Å². The predicted molar refractivity (Wildman–Crippen MR) is 97.4 cm³/mol. The smallest absolute Gasteiger partial charge is 0.417 e. The van der Waals surface area contributed by atoms with Crippen molar-refractivity contribution in [3.05, 3.63) is 35.4 Å². The second-order valence-corrected chi connectivity index (χ2v) is 5.93. The molecule has 0 saturated carbocycles. The summed E-state index contributed by atoms with van der Waals surface area (Å²) in [5, 5.41) is 9.78. The van der Waals surface area contributed by atoms with E-state index in [1.807, 2.05) is 0 Å². The molecule has 0 aromatic heterocycles. The van der Waals surface area contributed by atoms with E-state index >= 15 is 0 Å². The van der Waals surface area contributed by atoms with E-state index in [4.69, 9.17) is 0 Å². The lowest BCUT2D eigenvalue weighted by molar-refractivity contribution is -0.138. The van der Waals surface area contributed by atoms with Gasteiger partial charge in [-0.3, -0.25) is 4.79 Å². The van der Waals surface area contributed by atoms with E-state index in [0.717, 1.165) is 18.3 Å². The number of piperazine rings is 1. The zero-order valence-corrected chi connectivity index (χ0v) is 15.9. The van der Waals surface area contributed by atoms with Crippen LogP contribution in [0, 0.1) is 0 Å². The first-order valence-corrected chi connectivity index (χ1v) is 8.84. The molecule has 1 heterocycles. The molecule has 0 spiro atoms. The lowest BCUT2D eigenvalue weighted by atomic mass is 10.1. The molecular formula is C17H19F3N6O4. The molecule has 3 amide bonds. The van der Waals surface area contributed by atoms with Gasteiger partial charge in [-0.05, 0) is 29.5 Å². The largest absolute Gasteiger partial charge is 0.462 e. The zero-order valence-electron chi connectivity index (χ0n) is 15.9. The Bertz CT molecular complexity index is 835. The molecule has 1 aliphatic heterocycles. The molecule has 0 atom stereocenters. The third-order valence-electron chi connectivity index (χ3n) is 4.01. The van der Waals surface area contributed by atoms with Gasteiger partial charge in [0.25, 0.3) is 5.91 Å². The third kappa shape index (κ3) is 6.25. The molecule has 2 rings (SSSR count). The molecular weight excluding hydrogens is 409 g/mol. The average molecular weight is 428 g/mol. The van der Waals surface area contributed by atoms with E-state index in [9.17, 15) is 27.6 Å². The number of carbonyl (C=O) groups excluding carboxylic acids is 3. The molecule has 0 unspecified atom stereocenters. The Balaban J connectivity index is 1.87. The molecule has 30 heavy (non-hydrogen) atoms. The summed E-state index contributed by atoms with van der Waals surface area (Å²) in [6.07, 6.45) is -3.86. The van der Waals surface area contributed by atoms with Crippen molar-refractivity contribution in [2.45, 2.75) is 13.1 Å². The van der Waals surface area contributed by atoms with Crippen LogP contribution in [0.1, 0.15) is 22.8 Å². The summed E-state index contributed by atoms with van der Waals surface area (Å²) in [5.41, 5.74) is 0.655. The van der Waals surface area contributed by atoms with Gasteiger partial charge < -0.3 is 14.5 Å². The summed E-state index contributed by atoms with van der Waals surface area (Å²) in [5.74, 6) is -1.47. The van der Waals surface area contributed by atoms with Crippen molar-refractivity contribution in [3.63, 3.8) is 0 Å². The number of hydrogen-bond donors (Lipinski definition) is 1. The van der Waals surface area contributed by atoms with Gasteiger partial charge in [-0.2, -0.15) is 13.2 Å². The molecule has 162 valence electrons. The fraction of sp³-hybridized carbons (Fsp3) is 0.412. The van der Waals surface area contributed by atoms with Crippen molar-refractivity contribution in [2.24, 2.45) is 15.5 Å². The molecule has 1 aromatic carbocycles. The maximum atomic E-state index is 13.1. The molecule has 0 aliphatic carbocycles. The Kier molecular flexibility index (Phi) is 7.83. The maximum absolute atomic E-state index is 13.1. The number of ether oxygens (including phenoxy) is 1. The van der Waals surface area contributed by atoms with Gasteiger partial charge in [0.15, 0.2) is 0 Å². The predicted octanol–water partition coefficient (Wildman–Crippen LogP) is 2.09. The number of rotatable bonds is 5. The van der Waals surface area contributed by atoms with Crippen LogP contribution in [0.4, 0.5) is 18.0 Å². The van der Waals surface area contributed by atoms with Crippen LogP contribution in [0.25, 0.3) is 0 Å². The van der Waals surface area contributed by atoms with Gasteiger partial charge in [0.1, 0.15) is 6.21 Å². The number of benzene rings is 1. The number of carbonyl (C=O) groups is 3. The summed E-state index contributed by atoms with van der Waals surface area (Å²) >= 11 is 0. The fourth-order valence-corrected chi connectivity index (χ4v) is 2.61. The molecule has 0 bridgehead atoms. The van der Waals surface area contributed by atoms with Crippen molar-refractivity contribution in [1.82, 2.24) is 15.2 Å². The third-order valence-corrected chi connectivity index (χ3v) is 4.01. The number of urea groups is 1. The van der Waals surface area contributed by atoms with E-state index in [0.29, 0.717) is 0 Å². The topological polar surface area (TPSA) is 116 Å². The van der Waals surface area contributed by atoms with Crippen LogP contribution in [0.2, 0.25) is 0 Å². The monoisotopic (exact) mass is 428 g/mol. The molecule has 1 aromatic rings. The Labute approximate surface area is 169 Å². The number of nitrogens with zero attached hydrogens (tertiary/aromatic N) is 5. The molecule has 1 fully saturated rings. The molecule has 0 radical (unpaired) electrons. The van der Waals surface area contributed by atoms with Crippen LogP contribution in [0.15, 0.2) is 39.8 Å². The first kappa shape index (κ1) is 22.8. The SMILES string of the molecule is CCOC(=O)C=NN=NNC(=O)N1CCN(C(=O)c2ccccc2C(F)(F)F)CC1. The van der Waals surface area contributed by atoms with Crippen LogP contribution in [-0.2, 0) is 15.7 Å². The number of esters is 1. The van der Waals surface area contributed by atoms with Gasteiger partial charge in [-0.25, -0.2) is 15.0 Å². The number of hydrogen-bond acceptors (Lipinski definition) is 6. The van der Waals surface area contributed by atoms with Gasteiger partial charge in [-0.1, -0.05) is 12.1 Å². The van der Waals surface area contributed by atoms with Crippen LogP contribution in [-0.4, -0.2) is 66.7 Å². The summed E-state index contributed by atoms with van der Waals surface area (Å²) in [6.45, 7) is 2.08. The summed E-state index contributed by atoms with van der Waals surface area (Å²) < 4.78 is 43.9. The Morgan fingerprint density at radius 2 is 1.77 bits per heavy atom. The highest BCUT2D eigenvalue weighted by Crippen LogP contribution is 2.32. The van der Waals surface area contributed by atoms with Crippen molar-refractivity contribution in [1.29, 1.82) is 0 Å². The van der Waals surface area contributed by atoms with Crippen molar-refractivity contribution < 1.29 is 32.3 Å². The molecule has 1 saturated heterocycles. The zero-order chi connectivity index (χ0) is 22.1. The minimum absolute atomic E-state index is 0.0522. The maximum Gasteiger partial charge on any atom is 0.417 e. The molecule has 10 nitrogen and oxygen atoms in total. The van der Waals surface area contributed by atoms with Crippen molar-refractivity contribution in [2.75, 3.05) is 32.8 Å². The summed E-state index contributed by atoms with van der Waals surface area (Å²) in [7, 11) is 0. The van der Waals surface area contributed by atoms with E-state index in [2.05, 4.69) is 25.7 Å². The van der Waals surface area contributed by atoms with Gasteiger partial charge in [-0.15, -0.1) is 5.10 Å². The van der Waals surface area contributed by atoms with Gasteiger partial charge >= 0.3 is 18.2 Å². The highest BCUT2D eigenvalue weighted by molar-refractivity contribution is 6.23. The van der Waals surface area contributed by atoms with E-state index < -0.39 is 35.2 Å². The van der Waals surface area contributed by atoms with Gasteiger partial charge in [0.2, 0.25) is 0 Å². The van der Waals surface area contributed by atoms with Crippen LogP contribution in [0.3, 0.4) is 0 Å². The quantitative estimate of drug-likeness (QED) is 0.335. The number of nitrogens with one attached hydrogen (secondary N) is 1. The minimum Gasteiger partial charge on any atom is -0.462 e. The van der Waals surface area contributed by atoms with E-state index in [-0.39, 0.29) is 32.8 Å². The van der Waals surface area contributed by atoms with E-state index in [1.54, 1.807) is 6.92 Å².